The Morgan fingerprint density at radius 2 is 2.06 bits per heavy atom. The molecular formula is C13H22N4. The SMILES string of the molecule is CCNc1nccc(N2CC(C)CC(C)C2)n1. The fourth-order valence-corrected chi connectivity index (χ4v) is 2.62. The summed E-state index contributed by atoms with van der Waals surface area (Å²) in [5.74, 6) is 3.28. The van der Waals surface area contributed by atoms with Gasteiger partial charge in [0.05, 0.1) is 0 Å². The number of anilines is 2. The number of hydrogen-bond donors (Lipinski definition) is 1. The van der Waals surface area contributed by atoms with Crippen LogP contribution in [0.5, 0.6) is 0 Å². The summed E-state index contributed by atoms with van der Waals surface area (Å²) >= 11 is 0. The van der Waals surface area contributed by atoms with Crippen molar-refractivity contribution in [2.45, 2.75) is 27.2 Å². The predicted octanol–water partition coefficient (Wildman–Crippen LogP) is 2.39. The molecule has 1 fully saturated rings. The lowest BCUT2D eigenvalue weighted by Crippen LogP contribution is -2.39. The fraction of sp³-hybridized carbons (Fsp3) is 0.692. The van der Waals surface area contributed by atoms with Crippen LogP contribution in [0.25, 0.3) is 0 Å². The van der Waals surface area contributed by atoms with E-state index in [4.69, 9.17) is 0 Å². The zero-order valence-electron chi connectivity index (χ0n) is 11.0. The van der Waals surface area contributed by atoms with Crippen LogP contribution in [0.4, 0.5) is 11.8 Å². The Balaban J connectivity index is 2.12. The smallest absolute Gasteiger partial charge is 0.224 e. The molecule has 0 spiro atoms. The second-order valence-electron chi connectivity index (χ2n) is 5.12. The summed E-state index contributed by atoms with van der Waals surface area (Å²) in [5, 5.41) is 3.16. The Kier molecular flexibility index (Phi) is 3.82. The van der Waals surface area contributed by atoms with Crippen LogP contribution >= 0.6 is 0 Å². The molecule has 17 heavy (non-hydrogen) atoms. The molecule has 1 aromatic heterocycles. The van der Waals surface area contributed by atoms with Gasteiger partial charge >= 0.3 is 0 Å². The van der Waals surface area contributed by atoms with Gasteiger partial charge in [0.15, 0.2) is 0 Å². The molecule has 2 atom stereocenters. The lowest BCUT2D eigenvalue weighted by molar-refractivity contribution is 0.355. The van der Waals surface area contributed by atoms with E-state index in [2.05, 4.69) is 41.0 Å². The van der Waals surface area contributed by atoms with Crippen molar-refractivity contribution in [1.82, 2.24) is 9.97 Å². The summed E-state index contributed by atoms with van der Waals surface area (Å²) in [6.45, 7) is 9.75. The van der Waals surface area contributed by atoms with E-state index in [-0.39, 0.29) is 0 Å². The standard InChI is InChI=1S/C13H22N4/c1-4-14-13-15-6-5-12(16-13)17-8-10(2)7-11(3)9-17/h5-6,10-11H,4,7-9H2,1-3H3,(H,14,15,16). The molecule has 0 aliphatic carbocycles. The highest BCUT2D eigenvalue weighted by Crippen LogP contribution is 2.25. The number of nitrogens with zero attached hydrogens (tertiary/aromatic N) is 3. The molecule has 1 saturated heterocycles. The molecule has 0 saturated carbocycles. The van der Waals surface area contributed by atoms with Crippen LogP contribution in [0.1, 0.15) is 27.2 Å². The minimum atomic E-state index is 0.732. The van der Waals surface area contributed by atoms with E-state index in [1.807, 2.05) is 12.3 Å². The van der Waals surface area contributed by atoms with Gasteiger partial charge < -0.3 is 10.2 Å². The zero-order chi connectivity index (χ0) is 12.3. The fourth-order valence-electron chi connectivity index (χ4n) is 2.62. The number of rotatable bonds is 3. The van der Waals surface area contributed by atoms with E-state index in [0.717, 1.165) is 43.2 Å². The lowest BCUT2D eigenvalue weighted by atomic mass is 9.92. The molecule has 1 aliphatic heterocycles. The summed E-state index contributed by atoms with van der Waals surface area (Å²) in [4.78, 5) is 11.1. The van der Waals surface area contributed by atoms with E-state index in [9.17, 15) is 0 Å². The summed E-state index contributed by atoms with van der Waals surface area (Å²) in [6, 6.07) is 2.01. The molecule has 0 amide bonds. The Labute approximate surface area is 103 Å². The normalized spacial score (nSPS) is 24.8. The minimum Gasteiger partial charge on any atom is -0.356 e. The maximum absolute atomic E-state index is 4.56. The van der Waals surface area contributed by atoms with Crippen LogP contribution in [-0.2, 0) is 0 Å². The van der Waals surface area contributed by atoms with Crippen LogP contribution in [0.2, 0.25) is 0 Å². The van der Waals surface area contributed by atoms with Gasteiger partial charge in [-0.05, 0) is 31.2 Å². The van der Waals surface area contributed by atoms with Gasteiger partial charge in [-0.2, -0.15) is 4.98 Å². The van der Waals surface area contributed by atoms with Crippen molar-refractivity contribution >= 4 is 11.8 Å². The van der Waals surface area contributed by atoms with Gasteiger partial charge in [0.2, 0.25) is 5.95 Å². The molecule has 2 unspecified atom stereocenters. The maximum atomic E-state index is 4.56. The van der Waals surface area contributed by atoms with Crippen molar-refractivity contribution in [1.29, 1.82) is 0 Å². The Morgan fingerprint density at radius 1 is 1.35 bits per heavy atom. The molecule has 2 rings (SSSR count). The molecule has 1 N–H and O–H groups in total. The third-order valence-electron chi connectivity index (χ3n) is 3.17. The molecule has 4 nitrogen and oxygen atoms in total. The highest BCUT2D eigenvalue weighted by molar-refractivity contribution is 5.43. The highest BCUT2D eigenvalue weighted by atomic mass is 15.2. The Hall–Kier alpha value is -1.32. The van der Waals surface area contributed by atoms with E-state index in [0.29, 0.717) is 0 Å². The first-order valence-corrected chi connectivity index (χ1v) is 6.51. The third kappa shape index (κ3) is 3.08. The largest absolute Gasteiger partial charge is 0.356 e. The zero-order valence-corrected chi connectivity index (χ0v) is 11.0. The van der Waals surface area contributed by atoms with Crippen LogP contribution < -0.4 is 10.2 Å². The maximum Gasteiger partial charge on any atom is 0.224 e. The van der Waals surface area contributed by atoms with Crippen LogP contribution in [0, 0.1) is 11.8 Å². The molecule has 2 heterocycles. The van der Waals surface area contributed by atoms with Crippen LogP contribution in [0.3, 0.4) is 0 Å². The summed E-state index contributed by atoms with van der Waals surface area (Å²) in [7, 11) is 0. The first-order chi connectivity index (χ1) is 8.19. The van der Waals surface area contributed by atoms with Crippen LogP contribution in [-0.4, -0.2) is 29.6 Å². The minimum absolute atomic E-state index is 0.732. The molecule has 0 bridgehead atoms. The van der Waals surface area contributed by atoms with Gasteiger partial charge in [-0.3, -0.25) is 0 Å². The van der Waals surface area contributed by atoms with E-state index in [1.54, 1.807) is 0 Å². The molecule has 1 aromatic rings. The predicted molar refractivity (Wildman–Crippen MR) is 71.4 cm³/mol. The molecule has 0 radical (unpaired) electrons. The van der Waals surface area contributed by atoms with E-state index in [1.165, 1.54) is 6.42 Å². The average molecular weight is 234 g/mol. The Morgan fingerprint density at radius 3 is 2.71 bits per heavy atom. The first kappa shape index (κ1) is 12.1. The number of hydrogen-bond acceptors (Lipinski definition) is 4. The summed E-state index contributed by atoms with van der Waals surface area (Å²) in [6.07, 6.45) is 3.16. The quantitative estimate of drug-likeness (QED) is 0.872. The lowest BCUT2D eigenvalue weighted by Gasteiger charge is -2.35. The second-order valence-corrected chi connectivity index (χ2v) is 5.12. The van der Waals surface area contributed by atoms with Gasteiger partial charge in [0.25, 0.3) is 0 Å². The van der Waals surface area contributed by atoms with Crippen molar-refractivity contribution in [3.63, 3.8) is 0 Å². The van der Waals surface area contributed by atoms with Crippen LogP contribution in [0.15, 0.2) is 12.3 Å². The van der Waals surface area contributed by atoms with Gasteiger partial charge in [-0.15, -0.1) is 0 Å². The van der Waals surface area contributed by atoms with E-state index >= 15 is 0 Å². The van der Waals surface area contributed by atoms with Crippen molar-refractivity contribution in [2.75, 3.05) is 29.9 Å². The third-order valence-corrected chi connectivity index (χ3v) is 3.17. The average Bonchev–Trinajstić information content (AvgIpc) is 2.28. The monoisotopic (exact) mass is 234 g/mol. The van der Waals surface area contributed by atoms with E-state index < -0.39 is 0 Å². The van der Waals surface area contributed by atoms with Gasteiger partial charge in [0.1, 0.15) is 5.82 Å². The van der Waals surface area contributed by atoms with Gasteiger partial charge in [-0.25, -0.2) is 4.98 Å². The Bertz CT molecular complexity index is 356. The molecule has 1 aliphatic rings. The highest BCUT2D eigenvalue weighted by Gasteiger charge is 2.22. The van der Waals surface area contributed by atoms with Crippen molar-refractivity contribution in [2.24, 2.45) is 11.8 Å². The number of nitrogens with one attached hydrogen (secondary N) is 1. The summed E-state index contributed by atoms with van der Waals surface area (Å²) in [5.41, 5.74) is 0. The first-order valence-electron chi connectivity index (χ1n) is 6.51. The molecule has 0 aromatic carbocycles. The number of aromatic nitrogens is 2. The van der Waals surface area contributed by atoms with Gasteiger partial charge in [0, 0.05) is 25.8 Å². The van der Waals surface area contributed by atoms with Crippen molar-refractivity contribution in [3.8, 4) is 0 Å². The molecule has 94 valence electrons. The van der Waals surface area contributed by atoms with Crippen molar-refractivity contribution in [3.05, 3.63) is 12.3 Å². The molecule has 4 heteroatoms. The topological polar surface area (TPSA) is 41.1 Å². The molecular weight excluding hydrogens is 212 g/mol. The number of piperidine rings is 1. The van der Waals surface area contributed by atoms with Gasteiger partial charge in [-0.1, -0.05) is 13.8 Å². The second kappa shape index (κ2) is 5.34. The van der Waals surface area contributed by atoms with Crippen molar-refractivity contribution < 1.29 is 0 Å². The summed E-state index contributed by atoms with van der Waals surface area (Å²) < 4.78 is 0.